The van der Waals surface area contributed by atoms with E-state index in [1.165, 1.54) is 6.07 Å². The van der Waals surface area contributed by atoms with Gasteiger partial charge in [0, 0.05) is 5.69 Å². The van der Waals surface area contributed by atoms with Gasteiger partial charge in [0.15, 0.2) is 5.82 Å². The SMILES string of the molecule is Cc1cc(C#N)cc(Nc2cccc(Cl)c2F)n1. The highest BCUT2D eigenvalue weighted by Gasteiger charge is 2.07. The van der Waals surface area contributed by atoms with Gasteiger partial charge in [-0.1, -0.05) is 17.7 Å². The number of pyridine rings is 1. The Labute approximate surface area is 109 Å². The Kier molecular flexibility index (Phi) is 3.45. The molecule has 1 N–H and O–H groups in total. The van der Waals surface area contributed by atoms with Crippen molar-refractivity contribution in [3.05, 3.63) is 52.4 Å². The second-order valence-corrected chi connectivity index (χ2v) is 4.13. The summed E-state index contributed by atoms with van der Waals surface area (Å²) in [6.07, 6.45) is 0. The van der Waals surface area contributed by atoms with Crippen LogP contribution in [0.2, 0.25) is 5.02 Å². The number of hydrogen-bond donors (Lipinski definition) is 1. The van der Waals surface area contributed by atoms with Gasteiger partial charge in [-0.2, -0.15) is 5.26 Å². The summed E-state index contributed by atoms with van der Waals surface area (Å²) in [5.74, 6) is -0.131. The van der Waals surface area contributed by atoms with Gasteiger partial charge in [-0.05, 0) is 31.2 Å². The van der Waals surface area contributed by atoms with Gasteiger partial charge >= 0.3 is 0 Å². The van der Waals surface area contributed by atoms with Crippen molar-refractivity contribution in [2.24, 2.45) is 0 Å². The van der Waals surface area contributed by atoms with Crippen LogP contribution in [0, 0.1) is 24.1 Å². The molecule has 18 heavy (non-hydrogen) atoms. The Bertz CT molecular complexity index is 635. The lowest BCUT2D eigenvalue weighted by Crippen LogP contribution is -1.98. The summed E-state index contributed by atoms with van der Waals surface area (Å²) in [7, 11) is 0. The number of aryl methyl sites for hydroxylation is 1. The van der Waals surface area contributed by atoms with Gasteiger partial charge in [0.2, 0.25) is 0 Å². The highest BCUT2D eigenvalue weighted by atomic mass is 35.5. The van der Waals surface area contributed by atoms with Crippen LogP contribution in [0.4, 0.5) is 15.9 Å². The molecule has 3 nitrogen and oxygen atoms in total. The molecular weight excluding hydrogens is 253 g/mol. The van der Waals surface area contributed by atoms with Gasteiger partial charge in [0.1, 0.15) is 5.82 Å². The number of aromatic nitrogens is 1. The van der Waals surface area contributed by atoms with Crippen LogP contribution >= 0.6 is 11.6 Å². The lowest BCUT2D eigenvalue weighted by Gasteiger charge is -2.08. The predicted octanol–water partition coefficient (Wildman–Crippen LogP) is 3.80. The standard InChI is InChI=1S/C13H9ClFN3/c1-8-5-9(7-16)6-12(17-8)18-11-4-2-3-10(14)13(11)15/h2-6H,1H3,(H,17,18). The highest BCUT2D eigenvalue weighted by molar-refractivity contribution is 6.31. The molecule has 0 radical (unpaired) electrons. The smallest absolute Gasteiger partial charge is 0.165 e. The highest BCUT2D eigenvalue weighted by Crippen LogP contribution is 2.25. The van der Waals surface area contributed by atoms with E-state index in [1.807, 2.05) is 6.07 Å². The molecule has 2 rings (SSSR count). The summed E-state index contributed by atoms with van der Waals surface area (Å²) in [6.45, 7) is 1.76. The maximum absolute atomic E-state index is 13.7. The van der Waals surface area contributed by atoms with E-state index in [-0.39, 0.29) is 10.7 Å². The first-order valence-corrected chi connectivity index (χ1v) is 5.58. The van der Waals surface area contributed by atoms with Gasteiger partial charge < -0.3 is 5.32 Å². The first-order valence-electron chi connectivity index (χ1n) is 5.20. The van der Waals surface area contributed by atoms with Crippen molar-refractivity contribution < 1.29 is 4.39 Å². The van der Waals surface area contributed by atoms with E-state index in [0.717, 1.165) is 0 Å². The second-order valence-electron chi connectivity index (χ2n) is 3.72. The van der Waals surface area contributed by atoms with Crippen molar-refractivity contribution in [1.29, 1.82) is 5.26 Å². The Morgan fingerprint density at radius 3 is 2.89 bits per heavy atom. The molecular formula is C13H9ClFN3. The molecule has 0 spiro atoms. The minimum atomic E-state index is -0.541. The van der Waals surface area contributed by atoms with Gasteiger partial charge in [-0.15, -0.1) is 0 Å². The number of rotatable bonds is 2. The molecule has 0 fully saturated rings. The van der Waals surface area contributed by atoms with Crippen molar-refractivity contribution >= 4 is 23.1 Å². The van der Waals surface area contributed by atoms with E-state index in [4.69, 9.17) is 16.9 Å². The number of benzene rings is 1. The van der Waals surface area contributed by atoms with E-state index >= 15 is 0 Å². The molecule has 0 aliphatic rings. The Morgan fingerprint density at radius 1 is 1.39 bits per heavy atom. The van der Waals surface area contributed by atoms with Crippen molar-refractivity contribution in [2.45, 2.75) is 6.92 Å². The first kappa shape index (κ1) is 12.3. The number of nitrogens with one attached hydrogen (secondary N) is 1. The molecule has 0 saturated carbocycles. The van der Waals surface area contributed by atoms with Crippen LogP contribution < -0.4 is 5.32 Å². The lowest BCUT2D eigenvalue weighted by atomic mass is 10.2. The van der Waals surface area contributed by atoms with E-state index in [9.17, 15) is 4.39 Å². The minimum Gasteiger partial charge on any atom is -0.338 e. The predicted molar refractivity (Wildman–Crippen MR) is 68.4 cm³/mol. The summed E-state index contributed by atoms with van der Waals surface area (Å²) in [6, 6.07) is 9.87. The molecule has 1 aromatic heterocycles. The molecule has 0 bridgehead atoms. The molecule has 1 aromatic carbocycles. The maximum atomic E-state index is 13.7. The molecule has 0 unspecified atom stereocenters. The topological polar surface area (TPSA) is 48.7 Å². The number of nitrogens with zero attached hydrogens (tertiary/aromatic N) is 2. The zero-order chi connectivity index (χ0) is 13.1. The van der Waals surface area contributed by atoms with Crippen molar-refractivity contribution in [3.8, 4) is 6.07 Å². The monoisotopic (exact) mass is 261 g/mol. The molecule has 5 heteroatoms. The Hall–Kier alpha value is -2.12. The van der Waals surface area contributed by atoms with Gasteiger partial charge in [0.25, 0.3) is 0 Å². The molecule has 1 heterocycles. The van der Waals surface area contributed by atoms with Crippen LogP contribution in [-0.4, -0.2) is 4.98 Å². The second kappa shape index (κ2) is 5.03. The summed E-state index contributed by atoms with van der Waals surface area (Å²) in [4.78, 5) is 4.18. The van der Waals surface area contributed by atoms with Crippen LogP contribution in [0.25, 0.3) is 0 Å². The van der Waals surface area contributed by atoms with Crippen molar-refractivity contribution in [2.75, 3.05) is 5.32 Å². The molecule has 0 atom stereocenters. The molecule has 90 valence electrons. The van der Waals surface area contributed by atoms with E-state index in [2.05, 4.69) is 10.3 Å². The van der Waals surface area contributed by atoms with Crippen LogP contribution in [0.5, 0.6) is 0 Å². The fourth-order valence-electron chi connectivity index (χ4n) is 1.54. The molecule has 0 aliphatic heterocycles. The third-order valence-electron chi connectivity index (χ3n) is 2.30. The van der Waals surface area contributed by atoms with Crippen LogP contribution in [0.3, 0.4) is 0 Å². The molecule has 0 aliphatic carbocycles. The fraction of sp³-hybridized carbons (Fsp3) is 0.0769. The summed E-state index contributed by atoms with van der Waals surface area (Å²) in [5, 5.41) is 11.7. The van der Waals surface area contributed by atoms with Crippen LogP contribution in [-0.2, 0) is 0 Å². The van der Waals surface area contributed by atoms with E-state index in [1.54, 1.807) is 31.2 Å². The van der Waals surface area contributed by atoms with E-state index < -0.39 is 5.82 Å². The van der Waals surface area contributed by atoms with Crippen molar-refractivity contribution in [3.63, 3.8) is 0 Å². The van der Waals surface area contributed by atoms with Crippen LogP contribution in [0.15, 0.2) is 30.3 Å². The van der Waals surface area contributed by atoms with Gasteiger partial charge in [0.05, 0.1) is 22.3 Å². The quantitative estimate of drug-likeness (QED) is 0.895. The first-order chi connectivity index (χ1) is 8.60. The normalized spacial score (nSPS) is 9.89. The van der Waals surface area contributed by atoms with E-state index in [0.29, 0.717) is 17.1 Å². The minimum absolute atomic E-state index is 0.0353. The third kappa shape index (κ3) is 2.58. The zero-order valence-corrected chi connectivity index (χ0v) is 10.3. The third-order valence-corrected chi connectivity index (χ3v) is 2.59. The molecule has 0 saturated heterocycles. The molecule has 0 amide bonds. The zero-order valence-electron chi connectivity index (χ0n) is 9.54. The number of hydrogen-bond acceptors (Lipinski definition) is 3. The van der Waals surface area contributed by atoms with Gasteiger partial charge in [-0.3, -0.25) is 0 Å². The number of anilines is 2. The Balaban J connectivity index is 2.37. The average molecular weight is 262 g/mol. The van der Waals surface area contributed by atoms with Gasteiger partial charge in [-0.25, -0.2) is 9.37 Å². The summed E-state index contributed by atoms with van der Waals surface area (Å²) >= 11 is 5.68. The number of halogens is 2. The Morgan fingerprint density at radius 2 is 2.17 bits per heavy atom. The largest absolute Gasteiger partial charge is 0.338 e. The molecule has 2 aromatic rings. The number of nitriles is 1. The summed E-state index contributed by atoms with van der Waals surface area (Å²) in [5.41, 5.74) is 1.37. The van der Waals surface area contributed by atoms with Crippen LogP contribution in [0.1, 0.15) is 11.3 Å². The maximum Gasteiger partial charge on any atom is 0.165 e. The summed E-state index contributed by atoms with van der Waals surface area (Å²) < 4.78 is 13.7. The fourth-order valence-corrected chi connectivity index (χ4v) is 1.71. The average Bonchev–Trinajstić information content (AvgIpc) is 2.34. The lowest BCUT2D eigenvalue weighted by molar-refractivity contribution is 0.632. The van der Waals surface area contributed by atoms with Crippen molar-refractivity contribution in [1.82, 2.24) is 4.98 Å².